The highest BCUT2D eigenvalue weighted by molar-refractivity contribution is 5.74. The Kier molecular flexibility index (Phi) is 5.90. The van der Waals surface area contributed by atoms with Crippen molar-refractivity contribution in [1.82, 2.24) is 10.2 Å². The van der Waals surface area contributed by atoms with E-state index >= 15 is 0 Å². The van der Waals surface area contributed by atoms with Crippen LogP contribution in [0.5, 0.6) is 0 Å². The summed E-state index contributed by atoms with van der Waals surface area (Å²) in [5, 5.41) is 2.94. The molecule has 2 amide bonds. The molecule has 1 rings (SSSR count). The number of nitrogens with one attached hydrogen (secondary N) is 1. The van der Waals surface area contributed by atoms with Crippen molar-refractivity contribution < 1.29 is 4.79 Å². The van der Waals surface area contributed by atoms with E-state index in [4.69, 9.17) is 6.42 Å². The smallest absolute Gasteiger partial charge is 0.317 e. The van der Waals surface area contributed by atoms with Gasteiger partial charge in [-0.2, -0.15) is 0 Å². The largest absolute Gasteiger partial charge is 0.338 e. The van der Waals surface area contributed by atoms with Gasteiger partial charge in [-0.25, -0.2) is 4.79 Å². The Bertz CT molecular complexity index is 276. The number of urea groups is 1. The van der Waals surface area contributed by atoms with Crippen LogP contribution in [0.2, 0.25) is 0 Å². The maximum absolute atomic E-state index is 12.0. The first-order valence-electron chi connectivity index (χ1n) is 6.63. The predicted octanol–water partition coefficient (Wildman–Crippen LogP) is 2.62. The molecule has 0 aromatic heterocycles. The van der Waals surface area contributed by atoms with Crippen LogP contribution in [-0.2, 0) is 0 Å². The van der Waals surface area contributed by atoms with E-state index in [1.165, 1.54) is 19.3 Å². The molecule has 3 heteroatoms. The summed E-state index contributed by atoms with van der Waals surface area (Å²) in [5.41, 5.74) is 0. The van der Waals surface area contributed by atoms with Gasteiger partial charge in [0.1, 0.15) is 0 Å². The lowest BCUT2D eigenvalue weighted by Crippen LogP contribution is -2.47. The molecule has 96 valence electrons. The lowest BCUT2D eigenvalue weighted by atomic mass is 9.85. The van der Waals surface area contributed by atoms with E-state index in [1.807, 2.05) is 4.90 Å². The van der Waals surface area contributed by atoms with Crippen molar-refractivity contribution in [1.29, 1.82) is 0 Å². The molecule has 1 saturated carbocycles. The summed E-state index contributed by atoms with van der Waals surface area (Å²) >= 11 is 0. The number of terminal acetylenes is 1. The minimum atomic E-state index is 0.0592. The number of rotatable bonds is 6. The molecule has 3 nitrogen and oxygen atoms in total. The molecule has 0 radical (unpaired) electrons. The number of nitrogens with zero attached hydrogens (tertiary/aromatic N) is 1. The van der Waals surface area contributed by atoms with Gasteiger partial charge in [-0.1, -0.05) is 6.42 Å². The third kappa shape index (κ3) is 4.68. The Morgan fingerprint density at radius 2 is 2.24 bits per heavy atom. The molecule has 1 aliphatic rings. The van der Waals surface area contributed by atoms with Crippen molar-refractivity contribution >= 4 is 6.03 Å². The summed E-state index contributed by atoms with van der Waals surface area (Å²) in [7, 11) is 0. The molecule has 17 heavy (non-hydrogen) atoms. The molecule has 0 atom stereocenters. The van der Waals surface area contributed by atoms with Gasteiger partial charge in [0.25, 0.3) is 0 Å². The minimum absolute atomic E-state index is 0.0592. The van der Waals surface area contributed by atoms with Crippen LogP contribution >= 0.6 is 0 Å². The van der Waals surface area contributed by atoms with E-state index in [-0.39, 0.29) is 12.1 Å². The molecule has 1 fully saturated rings. The molecular formula is C14H24N2O. The van der Waals surface area contributed by atoms with Crippen LogP contribution < -0.4 is 5.32 Å². The van der Waals surface area contributed by atoms with Crippen LogP contribution in [0.25, 0.3) is 0 Å². The highest BCUT2D eigenvalue weighted by atomic mass is 16.2. The zero-order valence-electron chi connectivity index (χ0n) is 11.0. The molecule has 1 aliphatic carbocycles. The van der Waals surface area contributed by atoms with E-state index in [0.717, 1.165) is 19.4 Å². The molecule has 0 unspecified atom stereocenters. The van der Waals surface area contributed by atoms with Crippen molar-refractivity contribution in [2.24, 2.45) is 5.92 Å². The molecule has 0 saturated heterocycles. The average molecular weight is 236 g/mol. The molecule has 0 aromatic carbocycles. The third-order valence-electron chi connectivity index (χ3n) is 3.34. The fraction of sp³-hybridized carbons (Fsp3) is 0.786. The van der Waals surface area contributed by atoms with E-state index in [2.05, 4.69) is 25.1 Å². The Balaban J connectivity index is 2.29. The van der Waals surface area contributed by atoms with Crippen LogP contribution in [0.3, 0.4) is 0 Å². The fourth-order valence-electron chi connectivity index (χ4n) is 1.97. The Hall–Kier alpha value is -1.17. The van der Waals surface area contributed by atoms with Gasteiger partial charge in [0, 0.05) is 25.6 Å². The Morgan fingerprint density at radius 1 is 1.53 bits per heavy atom. The maximum atomic E-state index is 12.0. The van der Waals surface area contributed by atoms with Crippen molar-refractivity contribution in [2.45, 2.75) is 52.0 Å². The quantitative estimate of drug-likeness (QED) is 0.558. The predicted molar refractivity (Wildman–Crippen MR) is 70.6 cm³/mol. The number of carbonyl (C=O) groups is 1. The van der Waals surface area contributed by atoms with Crippen molar-refractivity contribution in [3.63, 3.8) is 0 Å². The molecule has 0 aliphatic heterocycles. The van der Waals surface area contributed by atoms with Crippen molar-refractivity contribution in [2.75, 3.05) is 13.1 Å². The second kappa shape index (κ2) is 7.21. The highest BCUT2D eigenvalue weighted by Crippen LogP contribution is 2.27. The summed E-state index contributed by atoms with van der Waals surface area (Å²) in [6, 6.07) is 0.326. The second-order valence-electron chi connectivity index (χ2n) is 5.08. The summed E-state index contributed by atoms with van der Waals surface area (Å²) in [4.78, 5) is 13.9. The van der Waals surface area contributed by atoms with Crippen LogP contribution in [0.1, 0.15) is 46.0 Å². The third-order valence-corrected chi connectivity index (χ3v) is 3.34. The summed E-state index contributed by atoms with van der Waals surface area (Å²) in [6.07, 6.45) is 10.6. The lowest BCUT2D eigenvalue weighted by molar-refractivity contribution is 0.150. The maximum Gasteiger partial charge on any atom is 0.317 e. The summed E-state index contributed by atoms with van der Waals surface area (Å²) in [6.45, 7) is 5.72. The Labute approximate surface area is 105 Å². The number of hydrogen-bond acceptors (Lipinski definition) is 1. The van der Waals surface area contributed by atoms with Gasteiger partial charge in [0.05, 0.1) is 0 Å². The standard InChI is InChI=1S/C14H24N2O/c1-4-5-6-10-15-14(17)16(12(2)3)11-13-8-7-9-13/h1,12-13H,5-11H2,2-3H3,(H,15,17). The number of hydrogen-bond donors (Lipinski definition) is 1. The van der Waals surface area contributed by atoms with Crippen LogP contribution in [0, 0.1) is 18.3 Å². The first kappa shape index (κ1) is 13.9. The van der Waals surface area contributed by atoms with E-state index in [0.29, 0.717) is 12.5 Å². The zero-order chi connectivity index (χ0) is 12.7. The highest BCUT2D eigenvalue weighted by Gasteiger charge is 2.24. The summed E-state index contributed by atoms with van der Waals surface area (Å²) < 4.78 is 0. The molecule has 0 heterocycles. The van der Waals surface area contributed by atoms with Crippen LogP contribution in [0.15, 0.2) is 0 Å². The first-order valence-corrected chi connectivity index (χ1v) is 6.63. The number of amides is 2. The van der Waals surface area contributed by atoms with E-state index in [1.54, 1.807) is 0 Å². The molecule has 0 bridgehead atoms. The average Bonchev–Trinajstić information content (AvgIpc) is 2.22. The van der Waals surface area contributed by atoms with Gasteiger partial charge >= 0.3 is 6.03 Å². The lowest BCUT2D eigenvalue weighted by Gasteiger charge is -2.34. The van der Waals surface area contributed by atoms with Gasteiger partial charge in [-0.3, -0.25) is 0 Å². The Morgan fingerprint density at radius 3 is 2.71 bits per heavy atom. The molecule has 1 N–H and O–H groups in total. The molecule has 0 spiro atoms. The van der Waals surface area contributed by atoms with E-state index in [9.17, 15) is 4.79 Å². The number of carbonyl (C=O) groups excluding carboxylic acids is 1. The molecule has 0 aromatic rings. The van der Waals surface area contributed by atoms with Gasteiger partial charge < -0.3 is 10.2 Å². The van der Waals surface area contributed by atoms with Crippen molar-refractivity contribution in [3.8, 4) is 12.3 Å². The normalized spacial score (nSPS) is 15.2. The van der Waals surface area contributed by atoms with Gasteiger partial charge in [0.2, 0.25) is 0 Å². The zero-order valence-corrected chi connectivity index (χ0v) is 11.0. The fourth-order valence-corrected chi connectivity index (χ4v) is 1.97. The van der Waals surface area contributed by atoms with Gasteiger partial charge in [0.15, 0.2) is 0 Å². The van der Waals surface area contributed by atoms with Gasteiger partial charge in [-0.15, -0.1) is 12.3 Å². The monoisotopic (exact) mass is 236 g/mol. The second-order valence-corrected chi connectivity index (χ2v) is 5.08. The van der Waals surface area contributed by atoms with Gasteiger partial charge in [-0.05, 0) is 39.0 Å². The topological polar surface area (TPSA) is 32.3 Å². The SMILES string of the molecule is C#CCCCNC(=O)N(CC1CCC1)C(C)C. The van der Waals surface area contributed by atoms with Crippen LogP contribution in [-0.4, -0.2) is 30.1 Å². The van der Waals surface area contributed by atoms with E-state index < -0.39 is 0 Å². The minimum Gasteiger partial charge on any atom is -0.338 e. The summed E-state index contributed by atoms with van der Waals surface area (Å²) in [5.74, 6) is 3.30. The number of unbranched alkanes of at least 4 members (excludes halogenated alkanes) is 1. The van der Waals surface area contributed by atoms with Crippen molar-refractivity contribution in [3.05, 3.63) is 0 Å². The van der Waals surface area contributed by atoms with Crippen LogP contribution in [0.4, 0.5) is 4.79 Å². The molecular weight excluding hydrogens is 212 g/mol. The first-order chi connectivity index (χ1) is 8.15.